The van der Waals surface area contributed by atoms with Crippen molar-refractivity contribution >= 4 is 56.0 Å². The van der Waals surface area contributed by atoms with Crippen LogP contribution in [0.15, 0.2) is 53.3 Å². The van der Waals surface area contributed by atoms with Gasteiger partial charge in [-0.25, -0.2) is 9.78 Å². The third kappa shape index (κ3) is 2.50. The number of nitrogens with zero attached hydrogens (tertiary/aromatic N) is 3. The highest BCUT2D eigenvalue weighted by molar-refractivity contribution is 6.31. The summed E-state index contributed by atoms with van der Waals surface area (Å²) in [6.45, 7) is 4.87. The summed E-state index contributed by atoms with van der Waals surface area (Å²) in [5, 5.41) is 2.01. The molecule has 8 heteroatoms. The Morgan fingerprint density at radius 2 is 1.50 bits per heavy atom. The molecule has 0 N–H and O–H groups in total. The van der Waals surface area contributed by atoms with E-state index in [4.69, 9.17) is 4.74 Å². The number of imidazole rings is 1. The van der Waals surface area contributed by atoms with Crippen LogP contribution < -0.4 is 5.56 Å². The SMILES string of the molecule is CC(C)OC(=O)C(C)N1C(=O)c2ccc3c(=O)n4c5ccccc5nc4c4ccc(c2c34)C1=O. The maximum absolute atomic E-state index is 13.5. The van der Waals surface area contributed by atoms with E-state index in [-0.39, 0.29) is 22.8 Å². The molecule has 34 heavy (non-hydrogen) atoms. The lowest BCUT2D eigenvalue weighted by Gasteiger charge is -2.31. The summed E-state index contributed by atoms with van der Waals surface area (Å²) in [4.78, 5) is 58.5. The van der Waals surface area contributed by atoms with Crippen LogP contribution >= 0.6 is 0 Å². The lowest BCUT2D eigenvalue weighted by Crippen LogP contribution is -2.50. The predicted molar refractivity (Wildman–Crippen MR) is 126 cm³/mol. The molecular formula is C26H19N3O5. The molecule has 1 atom stereocenters. The van der Waals surface area contributed by atoms with Gasteiger partial charge in [0.25, 0.3) is 17.4 Å². The van der Waals surface area contributed by atoms with Crippen molar-refractivity contribution in [3.05, 3.63) is 70.0 Å². The molecule has 8 nitrogen and oxygen atoms in total. The molecule has 0 saturated carbocycles. The summed E-state index contributed by atoms with van der Waals surface area (Å²) in [5.74, 6) is -1.85. The molecule has 2 amide bonds. The third-order valence-electron chi connectivity index (χ3n) is 6.37. The number of hydrogen-bond acceptors (Lipinski definition) is 6. The van der Waals surface area contributed by atoms with Gasteiger partial charge in [-0.2, -0.15) is 0 Å². The Kier molecular flexibility index (Phi) is 4.08. The Morgan fingerprint density at radius 1 is 0.853 bits per heavy atom. The predicted octanol–water partition coefficient (Wildman–Crippen LogP) is 3.53. The standard InChI is InChI=1S/C26H19N3O5/c1-12(2)34-26(33)13(3)28-23(30)16-9-8-14-20-15(10-11-17(21(16)20)24(28)31)25(32)29-19-7-5-4-6-18(19)27-22(14)29/h4-13H,1-3H3. The van der Waals surface area contributed by atoms with E-state index < -0.39 is 23.8 Å². The smallest absolute Gasteiger partial charge is 0.329 e. The molecule has 1 unspecified atom stereocenters. The zero-order valence-corrected chi connectivity index (χ0v) is 18.7. The van der Waals surface area contributed by atoms with Gasteiger partial charge in [-0.05, 0) is 57.2 Å². The zero-order chi connectivity index (χ0) is 23.9. The van der Waals surface area contributed by atoms with Crippen LogP contribution in [0.2, 0.25) is 0 Å². The molecule has 1 aliphatic rings. The number of fused-ring (bicyclic) bond motifs is 4. The van der Waals surface area contributed by atoms with Gasteiger partial charge >= 0.3 is 5.97 Å². The molecule has 0 fully saturated rings. The quantitative estimate of drug-likeness (QED) is 0.306. The fourth-order valence-electron chi connectivity index (χ4n) is 4.89. The normalized spacial score (nSPS) is 14.8. The number of para-hydroxylation sites is 2. The van der Waals surface area contributed by atoms with Gasteiger partial charge in [0.15, 0.2) is 0 Å². The highest BCUT2D eigenvalue weighted by atomic mass is 16.5. The minimum absolute atomic E-state index is 0.261. The molecule has 5 aromatic rings. The van der Waals surface area contributed by atoms with E-state index in [2.05, 4.69) is 4.98 Å². The van der Waals surface area contributed by atoms with Crippen molar-refractivity contribution in [1.82, 2.24) is 14.3 Å². The fourth-order valence-corrected chi connectivity index (χ4v) is 4.89. The number of pyridine rings is 1. The first-order valence-corrected chi connectivity index (χ1v) is 11.0. The topological polar surface area (TPSA) is 98.1 Å². The van der Waals surface area contributed by atoms with Gasteiger partial charge in [-0.3, -0.25) is 23.7 Å². The van der Waals surface area contributed by atoms with E-state index in [9.17, 15) is 19.2 Å². The number of ether oxygens (including phenoxy) is 1. The van der Waals surface area contributed by atoms with E-state index in [1.165, 1.54) is 6.92 Å². The first-order valence-electron chi connectivity index (χ1n) is 11.0. The number of carbonyl (C=O) groups is 3. The van der Waals surface area contributed by atoms with Crippen molar-refractivity contribution < 1.29 is 19.1 Å². The van der Waals surface area contributed by atoms with Gasteiger partial charge < -0.3 is 4.74 Å². The molecule has 3 aromatic carbocycles. The average Bonchev–Trinajstić information content (AvgIpc) is 3.20. The summed E-state index contributed by atoms with van der Waals surface area (Å²) in [6.07, 6.45) is -0.381. The number of aromatic nitrogens is 2. The molecule has 168 valence electrons. The first-order chi connectivity index (χ1) is 16.3. The minimum atomic E-state index is -1.09. The van der Waals surface area contributed by atoms with Crippen molar-refractivity contribution in [3.63, 3.8) is 0 Å². The summed E-state index contributed by atoms with van der Waals surface area (Å²) < 4.78 is 6.80. The van der Waals surface area contributed by atoms with Crippen molar-refractivity contribution in [3.8, 4) is 0 Å². The molecular weight excluding hydrogens is 434 g/mol. The van der Waals surface area contributed by atoms with Crippen LogP contribution in [-0.4, -0.2) is 44.2 Å². The van der Waals surface area contributed by atoms with Crippen LogP contribution in [0, 0.1) is 0 Å². The second kappa shape index (κ2) is 6.84. The van der Waals surface area contributed by atoms with Gasteiger partial charge in [0.1, 0.15) is 11.7 Å². The number of rotatable bonds is 3. The molecule has 0 radical (unpaired) electrons. The number of benzene rings is 3. The number of imide groups is 1. The minimum Gasteiger partial charge on any atom is -0.461 e. The number of esters is 1. The summed E-state index contributed by atoms with van der Waals surface area (Å²) in [7, 11) is 0. The van der Waals surface area contributed by atoms with Crippen LogP contribution in [0.5, 0.6) is 0 Å². The van der Waals surface area contributed by atoms with Crippen LogP contribution in [-0.2, 0) is 9.53 Å². The highest BCUT2D eigenvalue weighted by Gasteiger charge is 2.40. The fraction of sp³-hybridized carbons (Fsp3) is 0.192. The molecule has 0 spiro atoms. The van der Waals surface area contributed by atoms with Gasteiger partial charge in [0, 0.05) is 32.7 Å². The van der Waals surface area contributed by atoms with Gasteiger partial charge in [-0.15, -0.1) is 0 Å². The highest BCUT2D eigenvalue weighted by Crippen LogP contribution is 2.37. The van der Waals surface area contributed by atoms with Crippen LogP contribution in [0.3, 0.4) is 0 Å². The van der Waals surface area contributed by atoms with E-state index in [1.54, 1.807) is 42.5 Å². The molecule has 0 saturated heterocycles. The first kappa shape index (κ1) is 20.3. The second-order valence-electron chi connectivity index (χ2n) is 8.78. The van der Waals surface area contributed by atoms with Crippen molar-refractivity contribution in [2.45, 2.75) is 32.9 Å². The Hall–Kier alpha value is -4.33. The average molecular weight is 453 g/mol. The van der Waals surface area contributed by atoms with E-state index >= 15 is 0 Å². The lowest BCUT2D eigenvalue weighted by molar-refractivity contribution is -0.151. The van der Waals surface area contributed by atoms with Gasteiger partial charge in [0.2, 0.25) is 0 Å². The summed E-state index contributed by atoms with van der Waals surface area (Å²) in [6, 6.07) is 12.8. The van der Waals surface area contributed by atoms with Gasteiger partial charge in [0.05, 0.1) is 17.1 Å². The Bertz CT molecular complexity index is 1750. The Labute approximate surface area is 192 Å². The number of amides is 2. The Morgan fingerprint density at radius 3 is 2.18 bits per heavy atom. The van der Waals surface area contributed by atoms with Crippen molar-refractivity contribution in [2.75, 3.05) is 0 Å². The lowest BCUT2D eigenvalue weighted by atomic mass is 9.89. The van der Waals surface area contributed by atoms with Crippen LogP contribution in [0.1, 0.15) is 41.5 Å². The molecule has 0 aliphatic carbocycles. The Balaban J connectivity index is 1.65. The molecule has 0 bridgehead atoms. The largest absolute Gasteiger partial charge is 0.461 e. The number of hydrogen-bond donors (Lipinski definition) is 0. The third-order valence-corrected chi connectivity index (χ3v) is 6.37. The molecule has 6 rings (SSSR count). The summed E-state index contributed by atoms with van der Waals surface area (Å²) in [5.41, 5.74) is 2.10. The number of carbonyl (C=O) groups excluding carboxylic acids is 3. The van der Waals surface area contributed by atoms with E-state index in [0.717, 1.165) is 4.90 Å². The van der Waals surface area contributed by atoms with E-state index in [1.807, 2.05) is 24.3 Å². The molecule has 1 aliphatic heterocycles. The summed E-state index contributed by atoms with van der Waals surface area (Å²) >= 11 is 0. The second-order valence-corrected chi connectivity index (χ2v) is 8.78. The maximum Gasteiger partial charge on any atom is 0.329 e. The maximum atomic E-state index is 13.5. The van der Waals surface area contributed by atoms with Crippen LogP contribution in [0.25, 0.3) is 38.2 Å². The van der Waals surface area contributed by atoms with Crippen molar-refractivity contribution in [2.24, 2.45) is 0 Å². The monoisotopic (exact) mass is 453 g/mol. The molecule has 3 heterocycles. The van der Waals surface area contributed by atoms with Crippen LogP contribution in [0.4, 0.5) is 0 Å². The van der Waals surface area contributed by atoms with Crippen molar-refractivity contribution in [1.29, 1.82) is 0 Å². The molecule has 2 aromatic heterocycles. The van der Waals surface area contributed by atoms with E-state index in [0.29, 0.717) is 38.2 Å². The zero-order valence-electron chi connectivity index (χ0n) is 18.7. The van der Waals surface area contributed by atoms with Gasteiger partial charge in [-0.1, -0.05) is 12.1 Å².